The van der Waals surface area contributed by atoms with Crippen molar-refractivity contribution in [2.45, 2.75) is 6.92 Å². The molecular weight excluding hydrogens is 296 g/mol. The molecule has 0 saturated carbocycles. The summed E-state index contributed by atoms with van der Waals surface area (Å²) >= 11 is 3.30. The fraction of sp³-hybridized carbons (Fsp3) is 0.154. The fourth-order valence-electron chi connectivity index (χ4n) is 1.44. The van der Waals surface area contributed by atoms with Crippen molar-refractivity contribution in [3.8, 4) is 17.4 Å². The first-order valence-electron chi connectivity index (χ1n) is 5.51. The van der Waals surface area contributed by atoms with Gasteiger partial charge in [0.15, 0.2) is 11.5 Å². The molecule has 0 bridgehead atoms. The number of benzene rings is 1. The molecule has 1 aromatic heterocycles. The Hall–Kier alpha value is -1.75. The lowest BCUT2D eigenvalue weighted by atomic mass is 10.3. The van der Waals surface area contributed by atoms with Gasteiger partial charge in [-0.05, 0) is 41.1 Å². The first kappa shape index (κ1) is 12.7. The maximum Gasteiger partial charge on any atom is 0.242 e. The quantitative estimate of drug-likeness (QED) is 0.937. The highest BCUT2D eigenvalue weighted by atomic mass is 79.9. The Labute approximate surface area is 114 Å². The van der Waals surface area contributed by atoms with Crippen LogP contribution in [-0.2, 0) is 0 Å². The number of para-hydroxylation sites is 2. The van der Waals surface area contributed by atoms with Crippen LogP contribution >= 0.6 is 15.9 Å². The molecule has 0 amide bonds. The third-order valence-electron chi connectivity index (χ3n) is 2.20. The van der Waals surface area contributed by atoms with Crippen LogP contribution in [0.15, 0.2) is 41.0 Å². The minimum atomic E-state index is 0.366. The van der Waals surface area contributed by atoms with E-state index in [1.54, 1.807) is 12.3 Å². The Morgan fingerprint density at radius 3 is 2.67 bits per heavy atom. The average Bonchev–Trinajstić information content (AvgIpc) is 2.35. The minimum Gasteiger partial charge on any atom is -0.490 e. The van der Waals surface area contributed by atoms with Crippen molar-refractivity contribution in [1.29, 1.82) is 0 Å². The van der Waals surface area contributed by atoms with Crippen LogP contribution < -0.4 is 15.2 Å². The smallest absolute Gasteiger partial charge is 0.242 e. The van der Waals surface area contributed by atoms with Gasteiger partial charge in [0.1, 0.15) is 0 Å². The summed E-state index contributed by atoms with van der Waals surface area (Å²) < 4.78 is 11.9. The Kier molecular flexibility index (Phi) is 4.04. The van der Waals surface area contributed by atoms with Crippen LogP contribution in [0.2, 0.25) is 0 Å². The summed E-state index contributed by atoms with van der Waals surface area (Å²) in [6.07, 6.45) is 1.63. The Bertz CT molecular complexity index is 546. The fourth-order valence-corrected chi connectivity index (χ4v) is 1.79. The molecule has 0 unspecified atom stereocenters. The van der Waals surface area contributed by atoms with Gasteiger partial charge in [-0.2, -0.15) is 0 Å². The van der Waals surface area contributed by atoms with Gasteiger partial charge in [-0.25, -0.2) is 4.98 Å². The van der Waals surface area contributed by atoms with Gasteiger partial charge in [-0.1, -0.05) is 12.1 Å². The summed E-state index contributed by atoms with van der Waals surface area (Å²) in [5, 5.41) is 0. The van der Waals surface area contributed by atoms with Crippen molar-refractivity contribution < 1.29 is 9.47 Å². The van der Waals surface area contributed by atoms with Gasteiger partial charge in [-0.15, -0.1) is 0 Å². The highest BCUT2D eigenvalue weighted by molar-refractivity contribution is 9.10. The summed E-state index contributed by atoms with van der Waals surface area (Å²) in [6, 6.07) is 9.15. The minimum absolute atomic E-state index is 0.366. The maximum atomic E-state index is 5.83. The summed E-state index contributed by atoms with van der Waals surface area (Å²) in [7, 11) is 0. The highest BCUT2D eigenvalue weighted by Gasteiger charge is 2.08. The summed E-state index contributed by atoms with van der Waals surface area (Å²) in [4.78, 5) is 4.12. The van der Waals surface area contributed by atoms with E-state index in [0.29, 0.717) is 29.7 Å². The normalized spacial score (nSPS) is 10.1. The number of hydrogen-bond acceptors (Lipinski definition) is 4. The molecule has 1 heterocycles. The molecule has 5 heteroatoms. The lowest BCUT2D eigenvalue weighted by molar-refractivity contribution is 0.320. The van der Waals surface area contributed by atoms with E-state index >= 15 is 0 Å². The van der Waals surface area contributed by atoms with E-state index in [1.807, 2.05) is 31.2 Å². The molecular formula is C13H13BrN2O2. The molecule has 0 fully saturated rings. The number of nitrogens with zero attached hydrogens (tertiary/aromatic N) is 1. The lowest BCUT2D eigenvalue weighted by Gasteiger charge is -2.11. The largest absolute Gasteiger partial charge is 0.490 e. The first-order chi connectivity index (χ1) is 8.70. The Balaban J connectivity index is 2.28. The van der Waals surface area contributed by atoms with E-state index in [0.717, 1.165) is 4.47 Å². The standard InChI is InChI=1S/C13H13BrN2O2/c1-2-17-11-5-3-4-6-12(11)18-13-10(15)7-9(14)8-16-13/h3-8H,2,15H2,1H3. The van der Waals surface area contributed by atoms with Crippen LogP contribution in [0.4, 0.5) is 5.69 Å². The van der Waals surface area contributed by atoms with Crippen molar-refractivity contribution in [3.05, 3.63) is 41.0 Å². The molecule has 1 aromatic carbocycles. The summed E-state index contributed by atoms with van der Waals surface area (Å²) in [5.74, 6) is 1.63. The molecule has 0 aliphatic rings. The SMILES string of the molecule is CCOc1ccccc1Oc1ncc(Br)cc1N. The Morgan fingerprint density at radius 1 is 1.28 bits per heavy atom. The molecule has 0 aliphatic carbocycles. The maximum absolute atomic E-state index is 5.83. The molecule has 4 nitrogen and oxygen atoms in total. The topological polar surface area (TPSA) is 57.4 Å². The van der Waals surface area contributed by atoms with Crippen molar-refractivity contribution in [1.82, 2.24) is 4.98 Å². The van der Waals surface area contributed by atoms with E-state index in [4.69, 9.17) is 15.2 Å². The van der Waals surface area contributed by atoms with Crippen LogP contribution in [0.1, 0.15) is 6.92 Å². The number of aromatic nitrogens is 1. The molecule has 2 aromatic rings. The van der Waals surface area contributed by atoms with Gasteiger partial charge in [0.2, 0.25) is 5.88 Å². The molecule has 2 rings (SSSR count). The first-order valence-corrected chi connectivity index (χ1v) is 6.30. The summed E-state index contributed by atoms with van der Waals surface area (Å²) in [6.45, 7) is 2.49. The number of anilines is 1. The number of pyridine rings is 1. The number of halogens is 1. The van der Waals surface area contributed by atoms with Gasteiger partial charge in [0.05, 0.1) is 12.3 Å². The predicted octanol–water partition coefficient (Wildman–Crippen LogP) is 3.62. The monoisotopic (exact) mass is 308 g/mol. The molecule has 0 atom stereocenters. The molecule has 18 heavy (non-hydrogen) atoms. The second-order valence-corrected chi connectivity index (χ2v) is 4.45. The van der Waals surface area contributed by atoms with E-state index in [1.165, 1.54) is 0 Å². The third kappa shape index (κ3) is 2.92. The molecule has 94 valence electrons. The molecule has 0 spiro atoms. The van der Waals surface area contributed by atoms with E-state index in [-0.39, 0.29) is 0 Å². The zero-order chi connectivity index (χ0) is 13.0. The highest BCUT2D eigenvalue weighted by Crippen LogP contribution is 2.33. The van der Waals surface area contributed by atoms with E-state index in [9.17, 15) is 0 Å². The molecule has 0 aliphatic heterocycles. The van der Waals surface area contributed by atoms with Crippen molar-refractivity contribution in [3.63, 3.8) is 0 Å². The number of hydrogen-bond donors (Lipinski definition) is 1. The second kappa shape index (κ2) is 5.73. The molecule has 2 N–H and O–H groups in total. The molecule has 0 radical (unpaired) electrons. The van der Waals surface area contributed by atoms with Crippen LogP contribution in [0, 0.1) is 0 Å². The van der Waals surface area contributed by atoms with E-state index in [2.05, 4.69) is 20.9 Å². The van der Waals surface area contributed by atoms with Crippen LogP contribution in [0.5, 0.6) is 17.4 Å². The summed E-state index contributed by atoms with van der Waals surface area (Å²) in [5.41, 5.74) is 6.30. The molecule has 0 saturated heterocycles. The van der Waals surface area contributed by atoms with Crippen molar-refractivity contribution in [2.24, 2.45) is 0 Å². The third-order valence-corrected chi connectivity index (χ3v) is 2.63. The lowest BCUT2D eigenvalue weighted by Crippen LogP contribution is -1.98. The van der Waals surface area contributed by atoms with Gasteiger partial charge in [0.25, 0.3) is 0 Å². The number of nitrogen functional groups attached to an aromatic ring is 1. The zero-order valence-electron chi connectivity index (χ0n) is 9.89. The van der Waals surface area contributed by atoms with Crippen LogP contribution in [-0.4, -0.2) is 11.6 Å². The van der Waals surface area contributed by atoms with Gasteiger partial charge < -0.3 is 15.2 Å². The van der Waals surface area contributed by atoms with Crippen LogP contribution in [0.3, 0.4) is 0 Å². The van der Waals surface area contributed by atoms with Gasteiger partial charge in [-0.3, -0.25) is 0 Å². The second-order valence-electron chi connectivity index (χ2n) is 3.53. The number of nitrogens with two attached hydrogens (primary N) is 1. The zero-order valence-corrected chi connectivity index (χ0v) is 11.5. The van der Waals surface area contributed by atoms with Gasteiger partial charge in [0, 0.05) is 10.7 Å². The number of ether oxygens (including phenoxy) is 2. The van der Waals surface area contributed by atoms with Gasteiger partial charge >= 0.3 is 0 Å². The Morgan fingerprint density at radius 2 is 2.00 bits per heavy atom. The van der Waals surface area contributed by atoms with Crippen molar-refractivity contribution in [2.75, 3.05) is 12.3 Å². The average molecular weight is 309 g/mol. The van der Waals surface area contributed by atoms with Crippen molar-refractivity contribution >= 4 is 21.6 Å². The predicted molar refractivity (Wildman–Crippen MR) is 74.0 cm³/mol. The van der Waals surface area contributed by atoms with E-state index < -0.39 is 0 Å². The van der Waals surface area contributed by atoms with Crippen LogP contribution in [0.25, 0.3) is 0 Å². The number of rotatable bonds is 4.